The number of hydrogen-bond acceptors (Lipinski definition) is 3. The standard InChI is InChI=1S/C2H5NO3S/c1-3-7(4,5)6-2/h1H2,2H3. The molecular weight excluding hydrogens is 118 g/mol. The van der Waals surface area contributed by atoms with Crippen LogP contribution in [-0.2, 0) is 14.5 Å². The van der Waals surface area contributed by atoms with Gasteiger partial charge in [-0.25, -0.2) is 0 Å². The van der Waals surface area contributed by atoms with Gasteiger partial charge in [-0.2, -0.15) is 12.8 Å². The predicted octanol–water partition coefficient (Wildman–Crippen LogP) is -0.422. The number of hydrogen-bond donors (Lipinski definition) is 0. The minimum Gasteiger partial charge on any atom is -0.256 e. The molecule has 0 aromatic heterocycles. The molecule has 0 unspecified atom stereocenters. The zero-order chi connectivity index (χ0) is 5.91. The topological polar surface area (TPSA) is 55.7 Å². The first-order valence-electron chi connectivity index (χ1n) is 1.41. The summed E-state index contributed by atoms with van der Waals surface area (Å²) in [6, 6.07) is 0. The average molecular weight is 123 g/mol. The first-order valence-corrected chi connectivity index (χ1v) is 2.77. The lowest BCUT2D eigenvalue weighted by atomic mass is 11.8. The maximum Gasteiger partial charge on any atom is 0.380 e. The molecule has 0 atom stereocenters. The van der Waals surface area contributed by atoms with Crippen LogP contribution in [-0.4, -0.2) is 22.2 Å². The first-order chi connectivity index (χ1) is 3.12. The second-order valence-corrected chi connectivity index (χ2v) is 2.17. The van der Waals surface area contributed by atoms with Gasteiger partial charge in [0.15, 0.2) is 0 Å². The first kappa shape index (κ1) is 6.58. The van der Waals surface area contributed by atoms with E-state index in [4.69, 9.17) is 0 Å². The van der Waals surface area contributed by atoms with Gasteiger partial charge in [0.25, 0.3) is 0 Å². The van der Waals surface area contributed by atoms with E-state index in [9.17, 15) is 8.42 Å². The molecular formula is C2H5NO3S. The molecule has 0 spiro atoms. The molecule has 4 nitrogen and oxygen atoms in total. The largest absolute Gasteiger partial charge is 0.380 e. The summed E-state index contributed by atoms with van der Waals surface area (Å²) in [6.07, 6.45) is 0. The molecule has 0 saturated carbocycles. The summed E-state index contributed by atoms with van der Waals surface area (Å²) in [4.78, 5) is 0. The maximum atomic E-state index is 9.92. The van der Waals surface area contributed by atoms with E-state index in [1.165, 1.54) is 0 Å². The summed E-state index contributed by atoms with van der Waals surface area (Å²) in [6.45, 7) is 2.74. The normalized spacial score (nSPS) is 11.0. The lowest BCUT2D eigenvalue weighted by Crippen LogP contribution is -1.94. The van der Waals surface area contributed by atoms with Crippen LogP contribution in [0.25, 0.3) is 0 Å². The van der Waals surface area contributed by atoms with E-state index >= 15 is 0 Å². The molecule has 0 aliphatic rings. The van der Waals surface area contributed by atoms with Gasteiger partial charge in [-0.3, -0.25) is 4.18 Å². The average Bonchev–Trinajstić information content (AvgIpc) is 1.68. The molecule has 5 heteroatoms. The molecule has 7 heavy (non-hydrogen) atoms. The molecule has 0 aliphatic carbocycles. The van der Waals surface area contributed by atoms with E-state index in [1.807, 2.05) is 0 Å². The van der Waals surface area contributed by atoms with Crippen molar-refractivity contribution in [3.05, 3.63) is 0 Å². The SMILES string of the molecule is C=NS(=O)(=O)OC. The van der Waals surface area contributed by atoms with Crippen LogP contribution in [0.4, 0.5) is 0 Å². The molecule has 0 fully saturated rings. The van der Waals surface area contributed by atoms with Crippen LogP contribution < -0.4 is 0 Å². The van der Waals surface area contributed by atoms with Crippen molar-refractivity contribution in [1.82, 2.24) is 0 Å². The van der Waals surface area contributed by atoms with Crippen molar-refractivity contribution in [2.24, 2.45) is 4.40 Å². The number of rotatable bonds is 2. The van der Waals surface area contributed by atoms with E-state index in [2.05, 4.69) is 15.3 Å². The number of nitrogens with zero attached hydrogens (tertiary/aromatic N) is 1. The molecule has 0 bridgehead atoms. The van der Waals surface area contributed by atoms with Gasteiger partial charge in [0, 0.05) is 6.72 Å². The Kier molecular flexibility index (Phi) is 1.91. The van der Waals surface area contributed by atoms with Crippen molar-refractivity contribution >= 4 is 17.0 Å². The Morgan fingerprint density at radius 3 is 2.14 bits per heavy atom. The van der Waals surface area contributed by atoms with Crippen molar-refractivity contribution < 1.29 is 12.6 Å². The van der Waals surface area contributed by atoms with Gasteiger partial charge in [0.2, 0.25) is 0 Å². The summed E-state index contributed by atoms with van der Waals surface area (Å²) in [5.41, 5.74) is 0. The fourth-order valence-corrected chi connectivity index (χ4v) is 0.158. The Labute approximate surface area is 42.1 Å². The van der Waals surface area contributed by atoms with E-state index in [-0.39, 0.29) is 0 Å². The highest BCUT2D eigenvalue weighted by atomic mass is 32.2. The Morgan fingerprint density at radius 1 is 1.71 bits per heavy atom. The maximum absolute atomic E-state index is 9.92. The second-order valence-electron chi connectivity index (χ2n) is 0.723. The lowest BCUT2D eigenvalue weighted by molar-refractivity contribution is 0.399. The molecule has 0 aliphatic heterocycles. The minimum atomic E-state index is -3.64. The van der Waals surface area contributed by atoms with Crippen molar-refractivity contribution in [2.45, 2.75) is 0 Å². The monoisotopic (exact) mass is 123 g/mol. The van der Waals surface area contributed by atoms with Crippen molar-refractivity contribution in [2.75, 3.05) is 7.11 Å². The highest BCUT2D eigenvalue weighted by molar-refractivity contribution is 7.85. The quantitative estimate of drug-likeness (QED) is 0.468. The van der Waals surface area contributed by atoms with Gasteiger partial charge in [0.1, 0.15) is 0 Å². The van der Waals surface area contributed by atoms with Gasteiger partial charge >= 0.3 is 10.3 Å². The summed E-state index contributed by atoms with van der Waals surface area (Å²) < 4.78 is 26.3. The van der Waals surface area contributed by atoms with Gasteiger partial charge in [-0.15, -0.1) is 0 Å². The van der Waals surface area contributed by atoms with Crippen LogP contribution in [0, 0.1) is 0 Å². The second kappa shape index (κ2) is 2.04. The van der Waals surface area contributed by atoms with Crippen molar-refractivity contribution in [3.8, 4) is 0 Å². The zero-order valence-electron chi connectivity index (χ0n) is 3.79. The molecule has 0 N–H and O–H groups in total. The molecule has 0 amide bonds. The van der Waals surface area contributed by atoms with E-state index in [0.29, 0.717) is 0 Å². The third-order valence-corrected chi connectivity index (χ3v) is 1.11. The molecule has 42 valence electrons. The third kappa shape index (κ3) is 2.30. The summed E-state index contributed by atoms with van der Waals surface area (Å²) in [5.74, 6) is 0. The Balaban J connectivity index is 4.17. The fraction of sp³-hybridized carbons (Fsp3) is 0.500. The molecule has 0 aromatic rings. The highest BCUT2D eigenvalue weighted by Crippen LogP contribution is 1.85. The van der Waals surface area contributed by atoms with Crippen LogP contribution in [0.3, 0.4) is 0 Å². The molecule has 0 heterocycles. The van der Waals surface area contributed by atoms with E-state index < -0.39 is 10.3 Å². The van der Waals surface area contributed by atoms with Crippen molar-refractivity contribution in [1.29, 1.82) is 0 Å². The molecule has 0 rings (SSSR count). The fourth-order valence-electron chi connectivity index (χ4n) is 0.0527. The van der Waals surface area contributed by atoms with Crippen LogP contribution >= 0.6 is 0 Å². The van der Waals surface area contributed by atoms with Gasteiger partial charge < -0.3 is 0 Å². The van der Waals surface area contributed by atoms with Crippen molar-refractivity contribution in [3.63, 3.8) is 0 Å². The Bertz CT molecular complexity index is 146. The summed E-state index contributed by atoms with van der Waals surface area (Å²) >= 11 is 0. The zero-order valence-corrected chi connectivity index (χ0v) is 4.60. The molecule has 0 radical (unpaired) electrons. The van der Waals surface area contributed by atoms with Crippen LogP contribution in [0.5, 0.6) is 0 Å². The van der Waals surface area contributed by atoms with E-state index in [1.54, 1.807) is 0 Å². The third-order valence-electron chi connectivity index (χ3n) is 0.369. The van der Waals surface area contributed by atoms with Crippen LogP contribution in [0.15, 0.2) is 4.40 Å². The highest BCUT2D eigenvalue weighted by Gasteiger charge is 1.97. The smallest absolute Gasteiger partial charge is 0.256 e. The predicted molar refractivity (Wildman–Crippen MR) is 25.5 cm³/mol. The van der Waals surface area contributed by atoms with Crippen LogP contribution in [0.1, 0.15) is 0 Å². The van der Waals surface area contributed by atoms with Gasteiger partial charge in [0.05, 0.1) is 7.11 Å². The molecule has 0 aromatic carbocycles. The lowest BCUT2D eigenvalue weighted by Gasteiger charge is -1.85. The van der Waals surface area contributed by atoms with E-state index in [0.717, 1.165) is 7.11 Å². The Morgan fingerprint density at radius 2 is 2.14 bits per heavy atom. The van der Waals surface area contributed by atoms with Gasteiger partial charge in [-0.05, 0) is 0 Å². The minimum absolute atomic E-state index is 1.02. The molecule has 0 saturated heterocycles. The Hall–Kier alpha value is -0.420. The summed E-state index contributed by atoms with van der Waals surface area (Å²) in [5, 5.41) is 0. The van der Waals surface area contributed by atoms with Gasteiger partial charge in [-0.1, -0.05) is 0 Å². The summed E-state index contributed by atoms with van der Waals surface area (Å²) in [7, 11) is -2.63. The van der Waals surface area contributed by atoms with Crippen LogP contribution in [0.2, 0.25) is 0 Å².